The van der Waals surface area contributed by atoms with Crippen LogP contribution in [0, 0.1) is 0 Å². The molecule has 0 bridgehead atoms. The second kappa shape index (κ2) is 5.20. The molecule has 1 aromatic carbocycles. The molecule has 1 unspecified atom stereocenters. The van der Waals surface area contributed by atoms with E-state index >= 15 is 0 Å². The number of benzene rings is 1. The summed E-state index contributed by atoms with van der Waals surface area (Å²) >= 11 is 0. The van der Waals surface area contributed by atoms with E-state index in [4.69, 9.17) is 0 Å². The van der Waals surface area contributed by atoms with E-state index in [1.807, 2.05) is 0 Å². The van der Waals surface area contributed by atoms with Crippen LogP contribution in [0.3, 0.4) is 0 Å². The maximum atomic E-state index is 3.54. The number of hydrogen-bond acceptors (Lipinski definition) is 1. The van der Waals surface area contributed by atoms with Crippen molar-refractivity contribution in [1.29, 1.82) is 0 Å². The summed E-state index contributed by atoms with van der Waals surface area (Å²) in [6.07, 6.45) is 8.53. The zero-order valence-corrected chi connectivity index (χ0v) is 10.2. The highest BCUT2D eigenvalue weighted by molar-refractivity contribution is 5.54. The Hall–Kier alpha value is -1.24. The molecule has 1 nitrogen and oxygen atoms in total. The van der Waals surface area contributed by atoms with Crippen LogP contribution >= 0.6 is 0 Å². The quantitative estimate of drug-likeness (QED) is 0.740. The van der Waals surface area contributed by atoms with Gasteiger partial charge in [-0.15, -0.1) is 0 Å². The Bertz CT molecular complexity index is 365. The first-order chi connectivity index (χ1) is 7.77. The van der Waals surface area contributed by atoms with E-state index in [1.165, 1.54) is 30.5 Å². The Morgan fingerprint density at radius 1 is 1.25 bits per heavy atom. The predicted molar refractivity (Wildman–Crippen MR) is 70.9 cm³/mol. The molecule has 0 amide bonds. The summed E-state index contributed by atoms with van der Waals surface area (Å²) in [4.78, 5) is 0. The number of hydrogen-bond donors (Lipinski definition) is 1. The number of para-hydroxylation sites is 1. The fraction of sp³-hybridized carbons (Fsp3) is 0.467. The highest BCUT2D eigenvalue weighted by Gasteiger charge is 2.14. The summed E-state index contributed by atoms with van der Waals surface area (Å²) in [5, 5.41) is 3.54. The minimum atomic E-state index is 0.494. The second-order valence-corrected chi connectivity index (χ2v) is 4.85. The van der Waals surface area contributed by atoms with Gasteiger partial charge >= 0.3 is 0 Å². The van der Waals surface area contributed by atoms with Crippen molar-refractivity contribution in [2.75, 3.05) is 5.32 Å². The molecule has 1 aliphatic rings. The van der Waals surface area contributed by atoms with E-state index < -0.39 is 0 Å². The topological polar surface area (TPSA) is 12.0 Å². The van der Waals surface area contributed by atoms with Gasteiger partial charge in [0.25, 0.3) is 0 Å². The lowest BCUT2D eigenvalue weighted by Gasteiger charge is -2.22. The van der Waals surface area contributed by atoms with Crippen LogP contribution < -0.4 is 5.32 Å². The summed E-state index contributed by atoms with van der Waals surface area (Å²) in [5.41, 5.74) is 2.75. The molecule has 0 aliphatic heterocycles. The van der Waals surface area contributed by atoms with Crippen LogP contribution in [0.15, 0.2) is 36.4 Å². The summed E-state index contributed by atoms with van der Waals surface area (Å²) in [6.45, 7) is 4.38. The number of nitrogens with one attached hydrogen (secondary N) is 1. The van der Waals surface area contributed by atoms with Gasteiger partial charge in [0, 0.05) is 17.6 Å². The molecule has 0 fully saturated rings. The number of anilines is 1. The highest BCUT2D eigenvalue weighted by Crippen LogP contribution is 2.32. The molecule has 0 aromatic heterocycles. The molecular weight excluding hydrogens is 194 g/mol. The van der Waals surface area contributed by atoms with Crippen molar-refractivity contribution in [1.82, 2.24) is 0 Å². The maximum Gasteiger partial charge on any atom is 0.0380 e. The fourth-order valence-corrected chi connectivity index (χ4v) is 2.33. The van der Waals surface area contributed by atoms with Crippen molar-refractivity contribution < 1.29 is 0 Å². The van der Waals surface area contributed by atoms with Crippen LogP contribution in [-0.4, -0.2) is 6.04 Å². The van der Waals surface area contributed by atoms with Crippen molar-refractivity contribution >= 4 is 5.69 Å². The van der Waals surface area contributed by atoms with Gasteiger partial charge in [-0.2, -0.15) is 0 Å². The van der Waals surface area contributed by atoms with Crippen molar-refractivity contribution in [3.8, 4) is 0 Å². The van der Waals surface area contributed by atoms with E-state index in [0.29, 0.717) is 12.0 Å². The molecule has 2 rings (SSSR count). The smallest absolute Gasteiger partial charge is 0.0380 e. The van der Waals surface area contributed by atoms with E-state index in [0.717, 1.165) is 0 Å². The first kappa shape index (κ1) is 11.3. The third-order valence-corrected chi connectivity index (χ3v) is 3.06. The molecule has 0 heterocycles. The Morgan fingerprint density at radius 3 is 2.75 bits per heavy atom. The van der Waals surface area contributed by atoms with Crippen LogP contribution in [0.5, 0.6) is 0 Å². The van der Waals surface area contributed by atoms with E-state index in [1.54, 1.807) is 0 Å². The minimum Gasteiger partial charge on any atom is -0.383 e. The third-order valence-electron chi connectivity index (χ3n) is 3.06. The van der Waals surface area contributed by atoms with Crippen LogP contribution in [0.25, 0.3) is 0 Å². The Balaban J connectivity index is 2.24. The Morgan fingerprint density at radius 2 is 2.06 bits per heavy atom. The molecule has 1 N–H and O–H groups in total. The molecule has 0 spiro atoms. The van der Waals surface area contributed by atoms with Crippen LogP contribution in [0.1, 0.15) is 44.6 Å². The summed E-state index contributed by atoms with van der Waals surface area (Å²) in [5.74, 6) is 0.608. The Kier molecular flexibility index (Phi) is 3.66. The van der Waals surface area contributed by atoms with Gasteiger partial charge in [-0.25, -0.2) is 0 Å². The number of rotatable bonds is 3. The molecule has 0 radical (unpaired) electrons. The summed E-state index contributed by atoms with van der Waals surface area (Å²) in [7, 11) is 0. The average molecular weight is 215 g/mol. The first-order valence-electron chi connectivity index (χ1n) is 6.29. The highest BCUT2D eigenvalue weighted by atomic mass is 14.9. The minimum absolute atomic E-state index is 0.494. The zero-order valence-electron chi connectivity index (χ0n) is 10.2. The lowest BCUT2D eigenvalue weighted by atomic mass is 9.88. The normalized spacial score (nSPS) is 20.1. The van der Waals surface area contributed by atoms with E-state index in [-0.39, 0.29) is 0 Å². The molecular formula is C15H21N. The summed E-state index contributed by atoms with van der Waals surface area (Å²) < 4.78 is 0. The molecule has 1 aromatic rings. The molecule has 86 valence electrons. The first-order valence-corrected chi connectivity index (χ1v) is 6.29. The fourth-order valence-electron chi connectivity index (χ4n) is 2.33. The van der Waals surface area contributed by atoms with Gasteiger partial charge in [0.05, 0.1) is 0 Å². The van der Waals surface area contributed by atoms with Gasteiger partial charge in [-0.1, -0.05) is 30.4 Å². The number of allylic oxidation sites excluding steroid dienone is 2. The molecule has 1 aliphatic carbocycles. The van der Waals surface area contributed by atoms with Gasteiger partial charge in [-0.05, 0) is 44.7 Å². The van der Waals surface area contributed by atoms with Gasteiger partial charge < -0.3 is 5.32 Å². The van der Waals surface area contributed by atoms with Crippen molar-refractivity contribution in [3.63, 3.8) is 0 Å². The average Bonchev–Trinajstić information content (AvgIpc) is 2.30. The van der Waals surface area contributed by atoms with Crippen molar-refractivity contribution in [2.45, 2.75) is 45.1 Å². The predicted octanol–water partition coefficient (Wildman–Crippen LogP) is 4.33. The van der Waals surface area contributed by atoms with Crippen molar-refractivity contribution in [2.24, 2.45) is 0 Å². The van der Waals surface area contributed by atoms with Crippen LogP contribution in [-0.2, 0) is 0 Å². The monoisotopic (exact) mass is 215 g/mol. The lowest BCUT2D eigenvalue weighted by molar-refractivity contribution is 0.654. The Labute approximate surface area is 98.6 Å². The molecule has 0 saturated heterocycles. The largest absolute Gasteiger partial charge is 0.383 e. The zero-order chi connectivity index (χ0) is 11.4. The molecule has 0 saturated carbocycles. The second-order valence-electron chi connectivity index (χ2n) is 4.85. The molecule has 1 heteroatoms. The lowest BCUT2D eigenvalue weighted by Crippen LogP contribution is -2.13. The van der Waals surface area contributed by atoms with Crippen LogP contribution in [0.4, 0.5) is 5.69 Å². The van der Waals surface area contributed by atoms with Gasteiger partial charge in [-0.3, -0.25) is 0 Å². The van der Waals surface area contributed by atoms with Gasteiger partial charge in [0.1, 0.15) is 0 Å². The van der Waals surface area contributed by atoms with E-state index in [9.17, 15) is 0 Å². The molecule has 1 atom stereocenters. The van der Waals surface area contributed by atoms with Crippen LogP contribution in [0.2, 0.25) is 0 Å². The summed E-state index contributed by atoms with van der Waals surface area (Å²) in [6, 6.07) is 9.20. The maximum absolute atomic E-state index is 3.54. The van der Waals surface area contributed by atoms with E-state index in [2.05, 4.69) is 55.6 Å². The standard InChI is InChI=1S/C15H21N/c1-12(2)16-15-11-7-6-10-14(15)13-8-4-3-5-9-13/h4,6-8,10-13,16H,3,5,9H2,1-2H3. The molecule has 16 heavy (non-hydrogen) atoms. The SMILES string of the molecule is CC(C)Nc1ccccc1C1C=CCCC1. The third kappa shape index (κ3) is 2.66. The van der Waals surface area contributed by atoms with Gasteiger partial charge in [0.15, 0.2) is 0 Å². The van der Waals surface area contributed by atoms with Crippen molar-refractivity contribution in [3.05, 3.63) is 42.0 Å². The van der Waals surface area contributed by atoms with Gasteiger partial charge in [0.2, 0.25) is 0 Å².